The van der Waals surface area contributed by atoms with E-state index in [9.17, 15) is 4.79 Å². The van der Waals surface area contributed by atoms with Crippen LogP contribution < -0.4 is 5.32 Å². The number of benzene rings is 1. The number of likely N-dealkylation sites (tertiary alicyclic amines) is 1. The number of nitrogens with zero attached hydrogens (tertiary/aromatic N) is 3. The molecule has 1 aliphatic rings. The standard InChI is InChI=1S/C17H22N4O3/c1-3-18-17(22)21-9-13(11-23-2)14(10-21)16-20-19-15(24-16)12-7-5-4-6-8-12/h4-8,13-14H,3,9-11H2,1-2H3,(H,18,22)/t13-,14+/m0/s1. The van der Waals surface area contributed by atoms with Crippen LogP contribution in [-0.4, -0.2) is 54.5 Å². The number of aromatic nitrogens is 2. The summed E-state index contributed by atoms with van der Waals surface area (Å²) >= 11 is 0. The van der Waals surface area contributed by atoms with E-state index in [4.69, 9.17) is 9.15 Å². The molecular weight excluding hydrogens is 308 g/mol. The zero-order chi connectivity index (χ0) is 16.9. The topological polar surface area (TPSA) is 80.5 Å². The van der Waals surface area contributed by atoms with Crippen LogP contribution in [0.3, 0.4) is 0 Å². The first-order valence-corrected chi connectivity index (χ1v) is 8.13. The fourth-order valence-corrected chi connectivity index (χ4v) is 3.04. The van der Waals surface area contributed by atoms with E-state index in [1.54, 1.807) is 12.0 Å². The third-order valence-corrected chi connectivity index (χ3v) is 4.22. The number of amides is 2. The van der Waals surface area contributed by atoms with E-state index in [-0.39, 0.29) is 17.9 Å². The van der Waals surface area contributed by atoms with E-state index in [0.717, 1.165) is 5.56 Å². The summed E-state index contributed by atoms with van der Waals surface area (Å²) in [7, 11) is 1.66. The number of hydrogen-bond acceptors (Lipinski definition) is 5. The Balaban J connectivity index is 1.79. The molecule has 24 heavy (non-hydrogen) atoms. The van der Waals surface area contributed by atoms with Crippen molar-refractivity contribution in [3.05, 3.63) is 36.2 Å². The van der Waals surface area contributed by atoms with Crippen LogP contribution in [0.2, 0.25) is 0 Å². The zero-order valence-electron chi connectivity index (χ0n) is 13.9. The van der Waals surface area contributed by atoms with Gasteiger partial charge in [0.05, 0.1) is 12.5 Å². The van der Waals surface area contributed by atoms with E-state index in [2.05, 4.69) is 15.5 Å². The lowest BCUT2D eigenvalue weighted by Crippen LogP contribution is -2.38. The fourth-order valence-electron chi connectivity index (χ4n) is 3.04. The van der Waals surface area contributed by atoms with Crippen molar-refractivity contribution in [1.29, 1.82) is 0 Å². The normalized spacial score (nSPS) is 20.3. The van der Waals surface area contributed by atoms with Gasteiger partial charge >= 0.3 is 6.03 Å². The second-order valence-electron chi connectivity index (χ2n) is 5.87. The second-order valence-corrected chi connectivity index (χ2v) is 5.87. The van der Waals surface area contributed by atoms with Gasteiger partial charge < -0.3 is 19.4 Å². The lowest BCUT2D eigenvalue weighted by Gasteiger charge is -2.16. The molecule has 1 aromatic carbocycles. The molecular formula is C17H22N4O3. The van der Waals surface area contributed by atoms with Crippen LogP contribution in [0.5, 0.6) is 0 Å². The zero-order valence-corrected chi connectivity index (χ0v) is 13.9. The van der Waals surface area contributed by atoms with Crippen molar-refractivity contribution in [2.45, 2.75) is 12.8 Å². The molecule has 128 valence electrons. The smallest absolute Gasteiger partial charge is 0.317 e. The monoisotopic (exact) mass is 330 g/mol. The molecule has 0 unspecified atom stereocenters. The van der Waals surface area contributed by atoms with Crippen molar-refractivity contribution < 1.29 is 13.9 Å². The van der Waals surface area contributed by atoms with Gasteiger partial charge in [-0.1, -0.05) is 18.2 Å². The molecule has 7 heteroatoms. The van der Waals surface area contributed by atoms with E-state index < -0.39 is 0 Å². The predicted molar refractivity (Wildman–Crippen MR) is 88.5 cm³/mol. The fraction of sp³-hybridized carbons (Fsp3) is 0.471. The van der Waals surface area contributed by atoms with Gasteiger partial charge in [-0.3, -0.25) is 0 Å². The Morgan fingerprint density at radius 1 is 1.33 bits per heavy atom. The van der Waals surface area contributed by atoms with Gasteiger partial charge in [-0.15, -0.1) is 10.2 Å². The number of ether oxygens (including phenoxy) is 1. The van der Waals surface area contributed by atoms with Gasteiger partial charge in [0.25, 0.3) is 0 Å². The van der Waals surface area contributed by atoms with Crippen molar-refractivity contribution in [2.75, 3.05) is 33.4 Å². The quantitative estimate of drug-likeness (QED) is 0.908. The van der Waals surface area contributed by atoms with E-state index in [1.165, 1.54) is 0 Å². The summed E-state index contributed by atoms with van der Waals surface area (Å²) in [6, 6.07) is 9.60. The first-order chi connectivity index (χ1) is 11.7. The molecule has 0 aliphatic carbocycles. The van der Waals surface area contributed by atoms with Gasteiger partial charge in [0, 0.05) is 38.2 Å². The first kappa shape index (κ1) is 16.4. The molecule has 1 fully saturated rings. The molecule has 0 radical (unpaired) electrons. The Bertz CT molecular complexity index is 673. The molecule has 0 bridgehead atoms. The molecule has 0 saturated carbocycles. The molecule has 1 N–H and O–H groups in total. The highest BCUT2D eigenvalue weighted by molar-refractivity contribution is 5.74. The Morgan fingerprint density at radius 2 is 2.12 bits per heavy atom. The van der Waals surface area contributed by atoms with Crippen LogP contribution in [-0.2, 0) is 4.74 Å². The van der Waals surface area contributed by atoms with Crippen LogP contribution >= 0.6 is 0 Å². The molecule has 1 saturated heterocycles. The lowest BCUT2D eigenvalue weighted by molar-refractivity contribution is 0.144. The van der Waals surface area contributed by atoms with Crippen LogP contribution in [0.25, 0.3) is 11.5 Å². The van der Waals surface area contributed by atoms with Crippen molar-refractivity contribution in [2.24, 2.45) is 5.92 Å². The van der Waals surface area contributed by atoms with Crippen LogP contribution in [0.1, 0.15) is 18.7 Å². The summed E-state index contributed by atoms with van der Waals surface area (Å²) in [5, 5.41) is 11.2. The SMILES string of the molecule is CCNC(=O)N1C[C@@H](COC)[C@H](c2nnc(-c3ccccc3)o2)C1. The molecule has 1 aliphatic heterocycles. The van der Waals surface area contributed by atoms with E-state index in [1.807, 2.05) is 37.3 Å². The lowest BCUT2D eigenvalue weighted by atomic mass is 9.97. The summed E-state index contributed by atoms with van der Waals surface area (Å²) in [5.41, 5.74) is 0.887. The number of urea groups is 1. The molecule has 2 atom stereocenters. The van der Waals surface area contributed by atoms with Crippen LogP contribution in [0, 0.1) is 5.92 Å². The predicted octanol–water partition coefficient (Wildman–Crippen LogP) is 2.13. The van der Waals surface area contributed by atoms with Gasteiger partial charge in [-0.05, 0) is 19.1 Å². The van der Waals surface area contributed by atoms with Crippen molar-refractivity contribution >= 4 is 6.03 Å². The Morgan fingerprint density at radius 3 is 2.83 bits per heavy atom. The largest absolute Gasteiger partial charge is 0.420 e. The number of hydrogen-bond donors (Lipinski definition) is 1. The van der Waals surface area contributed by atoms with Crippen molar-refractivity contribution in [3.63, 3.8) is 0 Å². The molecule has 0 spiro atoms. The molecule has 1 aromatic heterocycles. The highest BCUT2D eigenvalue weighted by Gasteiger charge is 2.39. The van der Waals surface area contributed by atoms with Crippen molar-refractivity contribution in [3.8, 4) is 11.5 Å². The number of methoxy groups -OCH3 is 1. The highest BCUT2D eigenvalue weighted by atomic mass is 16.5. The minimum absolute atomic E-state index is 0.0162. The number of carbonyl (C=O) groups excluding carboxylic acids is 1. The van der Waals surface area contributed by atoms with Gasteiger partial charge in [0.15, 0.2) is 0 Å². The minimum Gasteiger partial charge on any atom is -0.420 e. The molecule has 3 rings (SSSR count). The Hall–Kier alpha value is -2.41. The van der Waals surface area contributed by atoms with Gasteiger partial charge in [0.1, 0.15) is 0 Å². The first-order valence-electron chi connectivity index (χ1n) is 8.13. The summed E-state index contributed by atoms with van der Waals surface area (Å²) in [5.74, 6) is 1.18. The maximum Gasteiger partial charge on any atom is 0.317 e. The third kappa shape index (κ3) is 3.41. The average molecular weight is 330 g/mol. The number of rotatable bonds is 5. The summed E-state index contributed by atoms with van der Waals surface area (Å²) in [4.78, 5) is 13.9. The highest BCUT2D eigenvalue weighted by Crippen LogP contribution is 2.33. The van der Waals surface area contributed by atoms with Gasteiger partial charge in [0.2, 0.25) is 11.8 Å². The Labute approximate surface area is 141 Å². The third-order valence-electron chi connectivity index (χ3n) is 4.22. The summed E-state index contributed by atoms with van der Waals surface area (Å²) < 4.78 is 11.2. The van der Waals surface area contributed by atoms with E-state index in [0.29, 0.717) is 38.0 Å². The summed E-state index contributed by atoms with van der Waals surface area (Å²) in [6.07, 6.45) is 0. The maximum absolute atomic E-state index is 12.1. The molecule has 2 aromatic rings. The van der Waals surface area contributed by atoms with Gasteiger partial charge in [-0.25, -0.2) is 4.79 Å². The molecule has 2 heterocycles. The van der Waals surface area contributed by atoms with Crippen LogP contribution in [0.4, 0.5) is 4.79 Å². The van der Waals surface area contributed by atoms with E-state index >= 15 is 0 Å². The van der Waals surface area contributed by atoms with Gasteiger partial charge in [-0.2, -0.15) is 0 Å². The number of carbonyl (C=O) groups is 1. The Kier molecular flexibility index (Phi) is 5.10. The molecule has 2 amide bonds. The van der Waals surface area contributed by atoms with Crippen LogP contribution in [0.15, 0.2) is 34.7 Å². The summed E-state index contributed by atoms with van der Waals surface area (Å²) in [6.45, 7) is 4.23. The average Bonchev–Trinajstić information content (AvgIpc) is 3.23. The van der Waals surface area contributed by atoms with Crippen molar-refractivity contribution in [1.82, 2.24) is 20.4 Å². The number of nitrogens with one attached hydrogen (secondary N) is 1. The minimum atomic E-state index is -0.0658. The maximum atomic E-state index is 12.1. The second kappa shape index (κ2) is 7.44. The molecule has 7 nitrogen and oxygen atoms in total.